The molecule has 0 aliphatic rings. The van der Waals surface area contributed by atoms with Crippen LogP contribution in [0.1, 0.15) is 50.8 Å². The maximum absolute atomic E-state index is 12.7. The quantitative estimate of drug-likeness (QED) is 0.688. The van der Waals surface area contributed by atoms with Gasteiger partial charge in [0.25, 0.3) is 5.91 Å². The lowest BCUT2D eigenvalue weighted by Gasteiger charge is -2.07. The first-order chi connectivity index (χ1) is 12.4. The van der Waals surface area contributed by atoms with Crippen molar-refractivity contribution in [2.45, 2.75) is 34.1 Å². The van der Waals surface area contributed by atoms with Crippen LogP contribution < -0.4 is 5.32 Å². The third-order valence-corrected chi connectivity index (χ3v) is 5.10. The molecule has 7 heteroatoms. The zero-order valence-corrected chi connectivity index (χ0v) is 16.1. The van der Waals surface area contributed by atoms with E-state index in [1.165, 1.54) is 11.3 Å². The highest BCUT2D eigenvalue weighted by atomic mass is 32.1. The lowest BCUT2D eigenvalue weighted by atomic mass is 10.2. The Kier molecular flexibility index (Phi) is 5.08. The van der Waals surface area contributed by atoms with Gasteiger partial charge in [-0.1, -0.05) is 6.92 Å². The molecular formula is C19H21N3O3S. The van der Waals surface area contributed by atoms with Crippen LogP contribution in [0.2, 0.25) is 0 Å². The summed E-state index contributed by atoms with van der Waals surface area (Å²) >= 11 is 1.35. The molecule has 0 fully saturated rings. The molecule has 1 N–H and O–H groups in total. The number of carbonyl (C=O) groups is 2. The molecule has 0 aromatic carbocycles. The molecule has 1 amide bonds. The summed E-state index contributed by atoms with van der Waals surface area (Å²) in [6.45, 7) is 7.97. The summed E-state index contributed by atoms with van der Waals surface area (Å²) in [5.74, 6) is -0.703. The van der Waals surface area contributed by atoms with Crippen LogP contribution in [0.15, 0.2) is 24.4 Å². The monoisotopic (exact) mass is 371 g/mol. The second kappa shape index (κ2) is 7.29. The van der Waals surface area contributed by atoms with Crippen LogP contribution in [-0.4, -0.2) is 27.9 Å². The Labute approximate surface area is 155 Å². The minimum atomic E-state index is -0.430. The standard InChI is InChI=1S/C19H21N3O3S/c1-5-15-12(4)22-10-13(7-8-16(22)20-15)17(23)21-18-14(9-11(3)26-18)19(24)25-6-2/h7-10H,5-6H2,1-4H3,(H,21,23). The summed E-state index contributed by atoms with van der Waals surface area (Å²) in [4.78, 5) is 30.2. The van der Waals surface area contributed by atoms with E-state index >= 15 is 0 Å². The van der Waals surface area contributed by atoms with Gasteiger partial charge in [-0.15, -0.1) is 11.3 Å². The molecule has 0 bridgehead atoms. The summed E-state index contributed by atoms with van der Waals surface area (Å²) in [6.07, 6.45) is 2.61. The summed E-state index contributed by atoms with van der Waals surface area (Å²) in [6, 6.07) is 5.29. The summed E-state index contributed by atoms with van der Waals surface area (Å²) in [5.41, 5.74) is 3.74. The van der Waals surface area contributed by atoms with Gasteiger partial charge >= 0.3 is 5.97 Å². The Bertz CT molecular complexity index is 987. The Morgan fingerprint density at radius 3 is 2.73 bits per heavy atom. The Morgan fingerprint density at radius 2 is 2.04 bits per heavy atom. The predicted octanol–water partition coefficient (Wildman–Crippen LogP) is 4.00. The second-order valence-corrected chi connectivity index (χ2v) is 7.17. The highest BCUT2D eigenvalue weighted by Gasteiger charge is 2.19. The number of carbonyl (C=O) groups excluding carboxylic acids is 2. The van der Waals surface area contributed by atoms with Crippen LogP contribution in [0.25, 0.3) is 5.65 Å². The number of fused-ring (bicyclic) bond motifs is 1. The molecule has 0 radical (unpaired) electrons. The van der Waals surface area contributed by atoms with E-state index < -0.39 is 5.97 Å². The van der Waals surface area contributed by atoms with Crippen molar-refractivity contribution in [2.24, 2.45) is 0 Å². The predicted molar refractivity (Wildman–Crippen MR) is 102 cm³/mol. The van der Waals surface area contributed by atoms with E-state index in [9.17, 15) is 9.59 Å². The smallest absolute Gasteiger partial charge is 0.341 e. The fraction of sp³-hybridized carbons (Fsp3) is 0.316. The summed E-state index contributed by atoms with van der Waals surface area (Å²) < 4.78 is 6.98. The molecule has 3 heterocycles. The number of pyridine rings is 1. The van der Waals surface area contributed by atoms with E-state index in [-0.39, 0.29) is 12.5 Å². The number of ether oxygens (including phenoxy) is 1. The number of hydrogen-bond acceptors (Lipinski definition) is 5. The lowest BCUT2D eigenvalue weighted by Crippen LogP contribution is -2.14. The number of nitrogens with one attached hydrogen (secondary N) is 1. The first-order valence-corrected chi connectivity index (χ1v) is 9.32. The first-order valence-electron chi connectivity index (χ1n) is 8.51. The number of aromatic nitrogens is 2. The number of hydrogen-bond donors (Lipinski definition) is 1. The molecule has 0 saturated heterocycles. The molecule has 3 aromatic rings. The van der Waals surface area contributed by atoms with Crippen molar-refractivity contribution in [3.8, 4) is 0 Å². The van der Waals surface area contributed by atoms with E-state index in [1.807, 2.05) is 24.3 Å². The Morgan fingerprint density at radius 1 is 1.27 bits per heavy atom. The van der Waals surface area contributed by atoms with Crippen LogP contribution in [0.3, 0.4) is 0 Å². The fourth-order valence-corrected chi connectivity index (χ4v) is 3.72. The molecule has 3 rings (SSSR count). The molecule has 26 heavy (non-hydrogen) atoms. The maximum Gasteiger partial charge on any atom is 0.341 e. The van der Waals surface area contributed by atoms with Crippen molar-refractivity contribution in [3.05, 3.63) is 51.8 Å². The van der Waals surface area contributed by atoms with Gasteiger partial charge < -0.3 is 14.5 Å². The van der Waals surface area contributed by atoms with Gasteiger partial charge in [0.2, 0.25) is 0 Å². The normalized spacial score (nSPS) is 10.9. The van der Waals surface area contributed by atoms with Gasteiger partial charge in [-0.2, -0.15) is 0 Å². The topological polar surface area (TPSA) is 72.7 Å². The Balaban J connectivity index is 1.90. The lowest BCUT2D eigenvalue weighted by molar-refractivity contribution is 0.0528. The van der Waals surface area contributed by atoms with Crippen molar-refractivity contribution in [3.63, 3.8) is 0 Å². The highest BCUT2D eigenvalue weighted by Crippen LogP contribution is 2.29. The van der Waals surface area contributed by atoms with Gasteiger partial charge in [-0.05, 0) is 45.4 Å². The van der Waals surface area contributed by atoms with E-state index in [0.29, 0.717) is 16.1 Å². The largest absolute Gasteiger partial charge is 0.462 e. The van der Waals surface area contributed by atoms with E-state index in [1.54, 1.807) is 25.3 Å². The minimum absolute atomic E-state index is 0.273. The summed E-state index contributed by atoms with van der Waals surface area (Å²) in [7, 11) is 0. The van der Waals surface area contributed by atoms with Gasteiger partial charge in [0.15, 0.2) is 0 Å². The van der Waals surface area contributed by atoms with Crippen molar-refractivity contribution >= 4 is 33.9 Å². The molecule has 0 atom stereocenters. The number of imidazole rings is 1. The minimum Gasteiger partial charge on any atom is -0.462 e. The van der Waals surface area contributed by atoms with Crippen molar-refractivity contribution in [1.29, 1.82) is 0 Å². The average molecular weight is 371 g/mol. The second-order valence-electron chi connectivity index (χ2n) is 5.92. The third-order valence-electron chi connectivity index (χ3n) is 4.13. The van der Waals surface area contributed by atoms with Crippen LogP contribution in [-0.2, 0) is 11.2 Å². The number of aryl methyl sites for hydroxylation is 3. The van der Waals surface area contributed by atoms with Gasteiger partial charge in [-0.3, -0.25) is 4.79 Å². The average Bonchev–Trinajstić information content (AvgIpc) is 3.14. The van der Waals surface area contributed by atoms with E-state index in [2.05, 4.69) is 17.2 Å². The zero-order chi connectivity index (χ0) is 18.8. The van der Waals surface area contributed by atoms with E-state index in [4.69, 9.17) is 4.74 Å². The molecule has 0 unspecified atom stereocenters. The third kappa shape index (κ3) is 3.35. The van der Waals surface area contributed by atoms with Crippen molar-refractivity contribution in [1.82, 2.24) is 9.38 Å². The number of amides is 1. The number of rotatable bonds is 5. The number of anilines is 1. The zero-order valence-electron chi connectivity index (χ0n) is 15.3. The number of nitrogens with zero attached hydrogens (tertiary/aromatic N) is 2. The maximum atomic E-state index is 12.7. The molecule has 3 aromatic heterocycles. The fourth-order valence-electron chi connectivity index (χ4n) is 2.82. The molecule has 0 aliphatic heterocycles. The van der Waals surface area contributed by atoms with Crippen LogP contribution in [0.4, 0.5) is 5.00 Å². The molecular weight excluding hydrogens is 350 g/mol. The number of thiophene rings is 1. The van der Waals surface area contributed by atoms with E-state index in [0.717, 1.165) is 28.3 Å². The molecule has 0 saturated carbocycles. The first kappa shape index (κ1) is 18.1. The molecule has 0 aliphatic carbocycles. The highest BCUT2D eigenvalue weighted by molar-refractivity contribution is 7.16. The summed E-state index contributed by atoms with van der Waals surface area (Å²) in [5, 5.41) is 3.34. The van der Waals surface area contributed by atoms with Gasteiger partial charge in [-0.25, -0.2) is 9.78 Å². The van der Waals surface area contributed by atoms with Crippen molar-refractivity contribution < 1.29 is 14.3 Å². The van der Waals surface area contributed by atoms with Crippen LogP contribution in [0.5, 0.6) is 0 Å². The van der Waals surface area contributed by atoms with Crippen molar-refractivity contribution in [2.75, 3.05) is 11.9 Å². The molecule has 0 spiro atoms. The van der Waals surface area contributed by atoms with Crippen LogP contribution >= 0.6 is 11.3 Å². The van der Waals surface area contributed by atoms with Gasteiger partial charge in [0.05, 0.1) is 23.4 Å². The van der Waals surface area contributed by atoms with Gasteiger partial charge in [0.1, 0.15) is 10.6 Å². The SMILES string of the molecule is CCOC(=O)c1cc(C)sc1NC(=O)c1ccc2nc(CC)c(C)n2c1. The molecule has 6 nitrogen and oxygen atoms in total. The Hall–Kier alpha value is -2.67. The number of esters is 1. The van der Waals surface area contributed by atoms with Gasteiger partial charge in [0, 0.05) is 16.8 Å². The molecule has 136 valence electrons. The van der Waals surface area contributed by atoms with Crippen LogP contribution in [0, 0.1) is 13.8 Å².